The second-order valence-corrected chi connectivity index (χ2v) is 7.85. The lowest BCUT2D eigenvalue weighted by molar-refractivity contribution is -0.128. The average molecular weight is 376 g/mol. The van der Waals surface area contributed by atoms with Crippen LogP contribution >= 0.6 is 0 Å². The Balaban J connectivity index is 1.90. The summed E-state index contributed by atoms with van der Waals surface area (Å²) in [5.74, 6) is -2.03. The molecule has 0 bridgehead atoms. The van der Waals surface area contributed by atoms with Crippen molar-refractivity contribution in [1.29, 1.82) is 0 Å². The van der Waals surface area contributed by atoms with Crippen LogP contribution in [0.5, 0.6) is 0 Å². The summed E-state index contributed by atoms with van der Waals surface area (Å²) in [4.78, 5) is 24.6. The van der Waals surface area contributed by atoms with Gasteiger partial charge < -0.3 is 5.32 Å². The van der Waals surface area contributed by atoms with Crippen LogP contribution in [0, 0.1) is 12.7 Å². The molecule has 2 aromatic carbocycles. The number of hydrogen-bond acceptors (Lipinski definition) is 4. The van der Waals surface area contributed by atoms with E-state index < -0.39 is 33.7 Å². The highest BCUT2D eigenvalue weighted by Gasteiger charge is 2.44. The zero-order valence-electron chi connectivity index (χ0n) is 14.0. The van der Waals surface area contributed by atoms with Crippen LogP contribution in [-0.2, 0) is 19.6 Å². The molecule has 2 aromatic rings. The molecular weight excluding hydrogens is 359 g/mol. The Kier molecular flexibility index (Phi) is 4.78. The number of hydrogen-bond donors (Lipinski definition) is 1. The van der Waals surface area contributed by atoms with Crippen LogP contribution in [0.1, 0.15) is 18.4 Å². The molecule has 1 saturated heterocycles. The van der Waals surface area contributed by atoms with Gasteiger partial charge in [0.05, 0.1) is 10.6 Å². The lowest BCUT2D eigenvalue weighted by Crippen LogP contribution is -2.45. The molecule has 2 amide bonds. The summed E-state index contributed by atoms with van der Waals surface area (Å²) in [5.41, 5.74) is 0.801. The van der Waals surface area contributed by atoms with Crippen molar-refractivity contribution in [2.45, 2.75) is 30.7 Å². The van der Waals surface area contributed by atoms with Gasteiger partial charge in [-0.2, -0.15) is 0 Å². The summed E-state index contributed by atoms with van der Waals surface area (Å²) in [6, 6.07) is 10.3. The first-order valence-electron chi connectivity index (χ1n) is 8.00. The summed E-state index contributed by atoms with van der Waals surface area (Å²) in [6.45, 7) is 1.81. The number of benzene rings is 2. The number of halogens is 1. The van der Waals surface area contributed by atoms with Crippen LogP contribution in [0.2, 0.25) is 0 Å². The van der Waals surface area contributed by atoms with Gasteiger partial charge in [-0.3, -0.25) is 9.59 Å². The van der Waals surface area contributed by atoms with Crippen molar-refractivity contribution in [2.24, 2.45) is 0 Å². The number of nitrogens with zero attached hydrogens (tertiary/aromatic N) is 1. The first kappa shape index (κ1) is 18.1. The maximum absolute atomic E-state index is 13.7. The number of nitrogens with one attached hydrogen (secondary N) is 1. The summed E-state index contributed by atoms with van der Waals surface area (Å²) < 4.78 is 40.0. The van der Waals surface area contributed by atoms with Gasteiger partial charge in [-0.1, -0.05) is 29.8 Å². The van der Waals surface area contributed by atoms with Gasteiger partial charge in [0.2, 0.25) is 11.8 Å². The number of anilines is 1. The lowest BCUT2D eigenvalue weighted by atomic mass is 10.2. The maximum atomic E-state index is 13.7. The van der Waals surface area contributed by atoms with Crippen LogP contribution in [-0.4, -0.2) is 30.6 Å². The van der Waals surface area contributed by atoms with Crippen molar-refractivity contribution in [3.8, 4) is 0 Å². The number of para-hydroxylation sites is 1. The number of sulfonamides is 1. The molecule has 0 spiro atoms. The third-order valence-corrected chi connectivity index (χ3v) is 6.02. The molecule has 0 saturated carbocycles. The topological polar surface area (TPSA) is 83.6 Å². The Bertz CT molecular complexity index is 957. The predicted molar refractivity (Wildman–Crippen MR) is 93.3 cm³/mol. The number of carbonyl (C=O) groups excluding carboxylic acids is 2. The zero-order chi connectivity index (χ0) is 18.9. The molecule has 0 radical (unpaired) electrons. The summed E-state index contributed by atoms with van der Waals surface area (Å²) in [6.07, 6.45) is -0.0232. The van der Waals surface area contributed by atoms with Crippen molar-refractivity contribution in [3.63, 3.8) is 0 Å². The minimum atomic E-state index is -4.17. The van der Waals surface area contributed by atoms with Crippen molar-refractivity contribution in [2.75, 3.05) is 5.32 Å². The Morgan fingerprint density at radius 3 is 2.46 bits per heavy atom. The third-order valence-electron chi connectivity index (χ3n) is 4.17. The first-order valence-corrected chi connectivity index (χ1v) is 9.44. The fraction of sp³-hybridized carbons (Fsp3) is 0.222. The summed E-state index contributed by atoms with van der Waals surface area (Å²) >= 11 is 0. The number of rotatable bonds is 4. The normalized spacial score (nSPS) is 17.4. The van der Waals surface area contributed by atoms with Crippen LogP contribution < -0.4 is 5.32 Å². The van der Waals surface area contributed by atoms with E-state index in [1.54, 1.807) is 18.2 Å². The number of carbonyl (C=O) groups is 2. The molecule has 26 heavy (non-hydrogen) atoms. The van der Waals surface area contributed by atoms with E-state index >= 15 is 0 Å². The van der Waals surface area contributed by atoms with Crippen LogP contribution in [0.4, 0.5) is 10.1 Å². The quantitative estimate of drug-likeness (QED) is 0.888. The molecule has 1 N–H and O–H groups in total. The van der Waals surface area contributed by atoms with Crippen LogP contribution in [0.3, 0.4) is 0 Å². The molecule has 0 aromatic heterocycles. The van der Waals surface area contributed by atoms with Crippen molar-refractivity contribution < 1.29 is 22.4 Å². The second-order valence-electron chi connectivity index (χ2n) is 6.03. The predicted octanol–water partition coefficient (Wildman–Crippen LogP) is 2.45. The smallest absolute Gasteiger partial charge is 0.267 e. The first-order chi connectivity index (χ1) is 12.3. The molecule has 0 aliphatic carbocycles. The molecule has 0 unspecified atom stereocenters. The monoisotopic (exact) mass is 376 g/mol. The van der Waals surface area contributed by atoms with Gasteiger partial charge in [0.25, 0.3) is 10.0 Å². The van der Waals surface area contributed by atoms with Gasteiger partial charge in [0.15, 0.2) is 0 Å². The molecule has 1 aliphatic heterocycles. The molecule has 3 rings (SSSR count). The van der Waals surface area contributed by atoms with Gasteiger partial charge in [-0.25, -0.2) is 17.1 Å². The SMILES string of the molecule is Cc1ccc(S(=O)(=O)N2C(=O)CC[C@@H]2C(=O)Nc2ccccc2F)cc1. The Labute approximate surface area is 150 Å². The number of aryl methyl sites for hydroxylation is 1. The largest absolute Gasteiger partial charge is 0.322 e. The van der Waals surface area contributed by atoms with E-state index in [1.165, 1.54) is 30.3 Å². The molecule has 1 aliphatic rings. The Morgan fingerprint density at radius 2 is 1.81 bits per heavy atom. The van der Waals surface area contributed by atoms with Crippen LogP contribution in [0.15, 0.2) is 53.4 Å². The Morgan fingerprint density at radius 1 is 1.15 bits per heavy atom. The van der Waals surface area contributed by atoms with E-state index in [2.05, 4.69) is 5.32 Å². The summed E-state index contributed by atoms with van der Waals surface area (Å²) in [5, 5.41) is 2.36. The maximum Gasteiger partial charge on any atom is 0.267 e. The molecule has 136 valence electrons. The van der Waals surface area contributed by atoms with E-state index in [-0.39, 0.29) is 23.4 Å². The standard InChI is InChI=1S/C18H17FN2O4S/c1-12-6-8-13(9-7-12)26(24,25)21-16(10-11-17(21)22)18(23)20-15-5-3-2-4-14(15)19/h2-9,16H,10-11H2,1H3,(H,20,23)/t16-/m1/s1. The molecule has 1 fully saturated rings. The molecular formula is C18H17FN2O4S. The van der Waals surface area contributed by atoms with E-state index in [0.29, 0.717) is 4.31 Å². The van der Waals surface area contributed by atoms with Crippen molar-refractivity contribution in [1.82, 2.24) is 4.31 Å². The van der Waals surface area contributed by atoms with E-state index in [4.69, 9.17) is 0 Å². The summed E-state index contributed by atoms with van der Waals surface area (Å²) in [7, 11) is -4.17. The van der Waals surface area contributed by atoms with E-state index in [0.717, 1.165) is 5.56 Å². The number of amides is 2. The highest BCUT2D eigenvalue weighted by Crippen LogP contribution is 2.28. The zero-order valence-corrected chi connectivity index (χ0v) is 14.8. The van der Waals surface area contributed by atoms with Crippen molar-refractivity contribution in [3.05, 3.63) is 59.9 Å². The minimum absolute atomic E-state index is 0.0458. The van der Waals surface area contributed by atoms with Crippen molar-refractivity contribution >= 4 is 27.5 Å². The molecule has 6 nitrogen and oxygen atoms in total. The van der Waals surface area contributed by atoms with Gasteiger partial charge >= 0.3 is 0 Å². The molecule has 1 atom stereocenters. The van der Waals surface area contributed by atoms with E-state index in [1.807, 2.05) is 6.92 Å². The fourth-order valence-electron chi connectivity index (χ4n) is 2.80. The molecule has 8 heteroatoms. The molecule has 1 heterocycles. The van der Waals surface area contributed by atoms with Crippen LogP contribution in [0.25, 0.3) is 0 Å². The van der Waals surface area contributed by atoms with Gasteiger partial charge in [0, 0.05) is 6.42 Å². The second kappa shape index (κ2) is 6.87. The highest BCUT2D eigenvalue weighted by atomic mass is 32.2. The van der Waals surface area contributed by atoms with Gasteiger partial charge in [-0.15, -0.1) is 0 Å². The minimum Gasteiger partial charge on any atom is -0.322 e. The van der Waals surface area contributed by atoms with Gasteiger partial charge in [0.1, 0.15) is 11.9 Å². The highest BCUT2D eigenvalue weighted by molar-refractivity contribution is 7.89. The average Bonchev–Trinajstić information content (AvgIpc) is 3.00. The fourth-order valence-corrected chi connectivity index (χ4v) is 4.41. The van der Waals surface area contributed by atoms with Gasteiger partial charge in [-0.05, 0) is 37.6 Å². The lowest BCUT2D eigenvalue weighted by Gasteiger charge is -2.23. The van der Waals surface area contributed by atoms with E-state index in [9.17, 15) is 22.4 Å². The Hall–Kier alpha value is -2.74. The third kappa shape index (κ3) is 3.32.